The number of fused-ring (bicyclic) bond motifs is 14. The highest BCUT2D eigenvalue weighted by atomic mass is 16.5. The SMILES string of the molecule is c1ccc2c(c1)-c1c(-c3ccc4c5c(cccc35)-c3cc(-c5cccc6c5oc5ccccc56)ccc3O4)cccc1C21c2ccccc2-c2cccc3cccc1c23. The summed E-state index contributed by atoms with van der Waals surface area (Å²) in [6.45, 7) is 0. The normalized spacial score (nSPS) is 15.3. The average molecular weight is 749 g/mol. The summed E-state index contributed by atoms with van der Waals surface area (Å²) in [5.74, 6) is 1.74. The molecule has 0 amide bonds. The number of para-hydroxylation sites is 2. The van der Waals surface area contributed by atoms with Crippen molar-refractivity contribution in [3.8, 4) is 67.1 Å². The van der Waals surface area contributed by atoms with E-state index in [1.165, 1.54) is 77.4 Å². The van der Waals surface area contributed by atoms with Gasteiger partial charge >= 0.3 is 0 Å². The lowest BCUT2D eigenvalue weighted by Crippen LogP contribution is -2.31. The van der Waals surface area contributed by atoms with Crippen molar-refractivity contribution in [2.24, 2.45) is 0 Å². The predicted octanol–water partition coefficient (Wildman–Crippen LogP) is 15.3. The molecule has 0 fully saturated rings. The van der Waals surface area contributed by atoms with E-state index in [2.05, 4.69) is 182 Å². The molecule has 272 valence electrons. The predicted molar refractivity (Wildman–Crippen MR) is 241 cm³/mol. The van der Waals surface area contributed by atoms with Gasteiger partial charge in [0, 0.05) is 27.3 Å². The molecule has 2 nitrogen and oxygen atoms in total. The second-order valence-electron chi connectivity index (χ2n) is 16.2. The Hall–Kier alpha value is -7.68. The number of rotatable bonds is 2. The maximum Gasteiger partial charge on any atom is 0.143 e. The van der Waals surface area contributed by atoms with E-state index < -0.39 is 5.41 Å². The summed E-state index contributed by atoms with van der Waals surface area (Å²) in [6, 6.07) is 71.3. The summed E-state index contributed by atoms with van der Waals surface area (Å²) >= 11 is 0. The highest BCUT2D eigenvalue weighted by Crippen LogP contribution is 2.63. The summed E-state index contributed by atoms with van der Waals surface area (Å²) in [4.78, 5) is 0. The van der Waals surface area contributed by atoms with Gasteiger partial charge in [-0.15, -0.1) is 0 Å². The van der Waals surface area contributed by atoms with Gasteiger partial charge in [0.1, 0.15) is 22.7 Å². The molecule has 59 heavy (non-hydrogen) atoms. The van der Waals surface area contributed by atoms with Crippen molar-refractivity contribution in [3.05, 3.63) is 216 Å². The monoisotopic (exact) mass is 748 g/mol. The van der Waals surface area contributed by atoms with Gasteiger partial charge in [0.25, 0.3) is 0 Å². The Balaban J connectivity index is 1.00. The molecule has 3 aliphatic rings. The number of ether oxygens (including phenoxy) is 1. The molecule has 1 spiro atoms. The van der Waals surface area contributed by atoms with Crippen LogP contribution in [0.15, 0.2) is 199 Å². The van der Waals surface area contributed by atoms with Crippen molar-refractivity contribution in [1.82, 2.24) is 0 Å². The molecular weight excluding hydrogens is 717 g/mol. The molecule has 1 aromatic heterocycles. The van der Waals surface area contributed by atoms with Crippen LogP contribution in [0.2, 0.25) is 0 Å². The fraction of sp³-hybridized carbons (Fsp3) is 0.0175. The average Bonchev–Trinajstić information content (AvgIpc) is 3.83. The summed E-state index contributed by atoms with van der Waals surface area (Å²) in [7, 11) is 0. The van der Waals surface area contributed by atoms with Crippen molar-refractivity contribution in [2.75, 3.05) is 0 Å². The molecule has 11 aromatic rings. The van der Waals surface area contributed by atoms with E-state index in [-0.39, 0.29) is 0 Å². The quantitative estimate of drug-likeness (QED) is 0.176. The largest absolute Gasteiger partial charge is 0.456 e. The third-order valence-electron chi connectivity index (χ3n) is 13.5. The van der Waals surface area contributed by atoms with Gasteiger partial charge in [-0.1, -0.05) is 170 Å². The summed E-state index contributed by atoms with van der Waals surface area (Å²) in [5.41, 5.74) is 18.7. The zero-order valence-electron chi connectivity index (χ0n) is 31.8. The highest BCUT2D eigenvalue weighted by molar-refractivity contribution is 6.14. The van der Waals surface area contributed by atoms with Crippen molar-refractivity contribution in [2.45, 2.75) is 5.41 Å². The summed E-state index contributed by atoms with van der Waals surface area (Å²) in [6.07, 6.45) is 0. The van der Waals surface area contributed by atoms with E-state index in [1.54, 1.807) is 0 Å². The van der Waals surface area contributed by atoms with Gasteiger partial charge in [-0.2, -0.15) is 0 Å². The van der Waals surface area contributed by atoms with E-state index in [9.17, 15) is 0 Å². The standard InChI is InChI=1S/C57H32O2/c1-4-23-46-37(14-1)41-18-7-12-33-13-8-25-48(53(33)41)57(46)47-24-5-2-16-44(47)54-39(21-11-26-49(54)57)36-29-31-52-55-40(36)19-10-20-42(55)45-32-34(28-30-51(45)58-52)35-17-9-22-43-38-15-3-6-27-50(38)59-56(35)43/h1-32H. The third kappa shape index (κ3) is 3.91. The molecule has 0 N–H and O–H groups in total. The fourth-order valence-corrected chi connectivity index (χ4v) is 11.2. The van der Waals surface area contributed by atoms with E-state index in [4.69, 9.17) is 9.15 Å². The summed E-state index contributed by atoms with van der Waals surface area (Å²) < 4.78 is 13.3. The van der Waals surface area contributed by atoms with Crippen LogP contribution in [0, 0.1) is 0 Å². The number of hydrogen-bond acceptors (Lipinski definition) is 2. The van der Waals surface area contributed by atoms with Crippen LogP contribution in [0.5, 0.6) is 11.5 Å². The van der Waals surface area contributed by atoms with Gasteiger partial charge < -0.3 is 9.15 Å². The van der Waals surface area contributed by atoms with E-state index >= 15 is 0 Å². The molecule has 1 aliphatic heterocycles. The Morgan fingerprint density at radius 2 is 0.949 bits per heavy atom. The van der Waals surface area contributed by atoms with Gasteiger partial charge in [-0.25, -0.2) is 0 Å². The molecule has 10 aromatic carbocycles. The topological polar surface area (TPSA) is 22.4 Å². The Bertz CT molecular complexity index is 3650. The smallest absolute Gasteiger partial charge is 0.143 e. The van der Waals surface area contributed by atoms with Crippen LogP contribution in [0.4, 0.5) is 0 Å². The molecule has 2 aliphatic carbocycles. The lowest BCUT2D eigenvalue weighted by molar-refractivity contribution is 0.487. The van der Waals surface area contributed by atoms with E-state index in [1.807, 2.05) is 12.1 Å². The number of hydrogen-bond donors (Lipinski definition) is 0. The van der Waals surface area contributed by atoms with Crippen LogP contribution in [-0.2, 0) is 5.41 Å². The van der Waals surface area contributed by atoms with E-state index in [0.717, 1.165) is 55.5 Å². The molecule has 0 saturated heterocycles. The van der Waals surface area contributed by atoms with Crippen molar-refractivity contribution in [3.63, 3.8) is 0 Å². The minimum Gasteiger partial charge on any atom is -0.456 e. The number of benzene rings is 10. The van der Waals surface area contributed by atoms with E-state index in [0.29, 0.717) is 0 Å². The maximum absolute atomic E-state index is 6.79. The molecule has 1 atom stereocenters. The van der Waals surface area contributed by atoms with Crippen LogP contribution in [-0.4, -0.2) is 0 Å². The second kappa shape index (κ2) is 11.2. The van der Waals surface area contributed by atoms with Gasteiger partial charge in [-0.3, -0.25) is 0 Å². The first-order chi connectivity index (χ1) is 29.3. The van der Waals surface area contributed by atoms with Crippen molar-refractivity contribution >= 4 is 43.5 Å². The van der Waals surface area contributed by atoms with Gasteiger partial charge in [-0.05, 0) is 107 Å². The Morgan fingerprint density at radius 3 is 1.85 bits per heavy atom. The lowest BCUT2D eigenvalue weighted by atomic mass is 9.61. The first-order valence-corrected chi connectivity index (χ1v) is 20.4. The van der Waals surface area contributed by atoms with Crippen molar-refractivity contribution in [1.29, 1.82) is 0 Å². The van der Waals surface area contributed by atoms with Crippen LogP contribution in [0.3, 0.4) is 0 Å². The minimum atomic E-state index is -0.472. The molecule has 2 heteroatoms. The van der Waals surface area contributed by atoms with Gasteiger partial charge in [0.2, 0.25) is 0 Å². The molecule has 2 heterocycles. The highest BCUT2D eigenvalue weighted by Gasteiger charge is 2.50. The van der Waals surface area contributed by atoms with Gasteiger partial charge in [0.05, 0.1) is 5.41 Å². The maximum atomic E-state index is 6.79. The van der Waals surface area contributed by atoms with Crippen LogP contribution < -0.4 is 4.74 Å². The molecule has 0 bridgehead atoms. The zero-order chi connectivity index (χ0) is 38.4. The van der Waals surface area contributed by atoms with Crippen LogP contribution in [0.25, 0.3) is 99.1 Å². The lowest BCUT2D eigenvalue weighted by Gasteiger charge is -2.40. The molecule has 0 radical (unpaired) electrons. The van der Waals surface area contributed by atoms with Crippen molar-refractivity contribution < 1.29 is 9.15 Å². The Morgan fingerprint density at radius 1 is 0.339 bits per heavy atom. The zero-order valence-corrected chi connectivity index (χ0v) is 31.8. The van der Waals surface area contributed by atoms with Gasteiger partial charge in [0.15, 0.2) is 0 Å². The minimum absolute atomic E-state index is 0.472. The third-order valence-corrected chi connectivity index (χ3v) is 13.5. The Labute approximate surface area is 340 Å². The molecular formula is C57H32O2. The van der Waals surface area contributed by atoms with Crippen LogP contribution in [0.1, 0.15) is 22.3 Å². The molecule has 14 rings (SSSR count). The first kappa shape index (κ1) is 31.4. The first-order valence-electron chi connectivity index (χ1n) is 20.4. The second-order valence-corrected chi connectivity index (χ2v) is 16.2. The summed E-state index contributed by atoms with van der Waals surface area (Å²) in [5, 5.41) is 7.19. The number of furan rings is 1. The molecule has 0 saturated carbocycles. The fourth-order valence-electron chi connectivity index (χ4n) is 11.2. The van der Waals surface area contributed by atoms with Crippen LogP contribution >= 0.6 is 0 Å². The Kier molecular flexibility index (Phi) is 5.99. The molecule has 1 unspecified atom stereocenters.